The van der Waals surface area contributed by atoms with Gasteiger partial charge in [0.1, 0.15) is 6.33 Å². The lowest BCUT2D eigenvalue weighted by molar-refractivity contribution is -0.116. The summed E-state index contributed by atoms with van der Waals surface area (Å²) < 4.78 is 2.00. The van der Waals surface area contributed by atoms with Crippen LogP contribution in [-0.2, 0) is 11.3 Å². The van der Waals surface area contributed by atoms with Crippen LogP contribution in [0.1, 0.15) is 12.0 Å². The molecule has 0 spiro atoms. The molecule has 162 valence electrons. The highest BCUT2D eigenvalue weighted by molar-refractivity contribution is 5.91. The zero-order valence-corrected chi connectivity index (χ0v) is 17.9. The SMILES string of the molecule is CN(Cc1ccccc1)C(=O)NCCC(=O)Nc1ccc(-n2cnc3ccccc32)cc1. The van der Waals surface area contributed by atoms with Crippen LogP contribution in [0.3, 0.4) is 0 Å². The van der Waals surface area contributed by atoms with Crippen molar-refractivity contribution in [1.82, 2.24) is 19.8 Å². The number of nitrogens with one attached hydrogen (secondary N) is 2. The van der Waals surface area contributed by atoms with Gasteiger partial charge < -0.3 is 15.5 Å². The molecule has 0 saturated heterocycles. The molecule has 0 unspecified atom stereocenters. The largest absolute Gasteiger partial charge is 0.337 e. The first-order chi connectivity index (χ1) is 15.6. The topological polar surface area (TPSA) is 79.3 Å². The standard InChI is InChI=1S/C25H25N5O2/c1-29(17-19-7-3-2-4-8-19)25(32)26-16-15-24(31)28-20-11-13-21(14-12-20)30-18-27-22-9-5-6-10-23(22)30/h2-14,18H,15-17H2,1H3,(H,26,32)(H,28,31). The minimum absolute atomic E-state index is 0.156. The number of nitrogens with zero attached hydrogens (tertiary/aromatic N) is 3. The molecule has 0 saturated carbocycles. The molecule has 0 aliphatic carbocycles. The molecule has 1 aromatic heterocycles. The van der Waals surface area contributed by atoms with Gasteiger partial charge in [-0.3, -0.25) is 9.36 Å². The first-order valence-electron chi connectivity index (χ1n) is 10.5. The summed E-state index contributed by atoms with van der Waals surface area (Å²) in [7, 11) is 1.73. The number of anilines is 1. The zero-order valence-electron chi connectivity index (χ0n) is 17.9. The van der Waals surface area contributed by atoms with Crippen molar-refractivity contribution >= 4 is 28.7 Å². The molecule has 4 aromatic rings. The third-order valence-electron chi connectivity index (χ3n) is 5.12. The van der Waals surface area contributed by atoms with Gasteiger partial charge in [-0.1, -0.05) is 42.5 Å². The molecule has 0 atom stereocenters. The number of hydrogen-bond acceptors (Lipinski definition) is 3. The number of carbonyl (C=O) groups is 2. The van der Waals surface area contributed by atoms with E-state index in [1.165, 1.54) is 0 Å². The van der Waals surface area contributed by atoms with Gasteiger partial charge in [0.25, 0.3) is 0 Å². The van der Waals surface area contributed by atoms with Crippen molar-refractivity contribution in [3.8, 4) is 5.69 Å². The number of benzene rings is 3. The van der Waals surface area contributed by atoms with Gasteiger partial charge in [0.2, 0.25) is 5.91 Å². The van der Waals surface area contributed by atoms with Crippen LogP contribution < -0.4 is 10.6 Å². The summed E-state index contributed by atoms with van der Waals surface area (Å²) in [6, 6.07) is 25.1. The van der Waals surface area contributed by atoms with Crippen molar-refractivity contribution in [3.05, 3.63) is 90.8 Å². The van der Waals surface area contributed by atoms with Crippen LogP contribution in [0, 0.1) is 0 Å². The molecule has 7 heteroatoms. The number of imidazole rings is 1. The molecule has 0 radical (unpaired) electrons. The Morgan fingerprint density at radius 1 is 0.938 bits per heavy atom. The van der Waals surface area contributed by atoms with Crippen LogP contribution in [-0.4, -0.2) is 40.0 Å². The second-order valence-corrected chi connectivity index (χ2v) is 7.52. The fourth-order valence-electron chi connectivity index (χ4n) is 3.44. The Morgan fingerprint density at radius 3 is 2.44 bits per heavy atom. The Bertz CT molecular complexity index is 1200. The van der Waals surface area contributed by atoms with Gasteiger partial charge >= 0.3 is 6.03 Å². The van der Waals surface area contributed by atoms with Gasteiger partial charge in [-0.2, -0.15) is 0 Å². The van der Waals surface area contributed by atoms with Gasteiger partial charge in [-0.15, -0.1) is 0 Å². The minimum Gasteiger partial charge on any atom is -0.337 e. The molecule has 1 heterocycles. The van der Waals surface area contributed by atoms with E-state index in [0.717, 1.165) is 22.3 Å². The Balaban J connectivity index is 1.25. The highest BCUT2D eigenvalue weighted by Gasteiger charge is 2.10. The third-order valence-corrected chi connectivity index (χ3v) is 5.12. The third kappa shape index (κ3) is 5.13. The normalized spacial score (nSPS) is 10.7. The van der Waals surface area contributed by atoms with E-state index in [4.69, 9.17) is 0 Å². The number of carbonyl (C=O) groups excluding carboxylic acids is 2. The van der Waals surface area contributed by atoms with Gasteiger partial charge in [-0.05, 0) is 42.0 Å². The molecule has 0 aliphatic rings. The maximum Gasteiger partial charge on any atom is 0.317 e. The van der Waals surface area contributed by atoms with Crippen molar-refractivity contribution in [2.24, 2.45) is 0 Å². The van der Waals surface area contributed by atoms with Crippen molar-refractivity contribution < 1.29 is 9.59 Å². The summed E-state index contributed by atoms with van der Waals surface area (Å²) in [5, 5.41) is 5.65. The number of fused-ring (bicyclic) bond motifs is 1. The van der Waals surface area contributed by atoms with Crippen LogP contribution >= 0.6 is 0 Å². The van der Waals surface area contributed by atoms with Crippen molar-refractivity contribution in [2.45, 2.75) is 13.0 Å². The van der Waals surface area contributed by atoms with Gasteiger partial charge in [0.05, 0.1) is 11.0 Å². The minimum atomic E-state index is -0.210. The van der Waals surface area contributed by atoms with Crippen molar-refractivity contribution in [1.29, 1.82) is 0 Å². The highest BCUT2D eigenvalue weighted by atomic mass is 16.2. The fraction of sp³-hybridized carbons (Fsp3) is 0.160. The molecule has 32 heavy (non-hydrogen) atoms. The molecule has 0 aliphatic heterocycles. The molecule has 0 fully saturated rings. The van der Waals surface area contributed by atoms with Crippen molar-refractivity contribution in [2.75, 3.05) is 18.9 Å². The predicted molar refractivity (Wildman–Crippen MR) is 126 cm³/mol. The molecule has 2 N–H and O–H groups in total. The summed E-state index contributed by atoms with van der Waals surface area (Å²) >= 11 is 0. The summed E-state index contributed by atoms with van der Waals surface area (Å²) in [4.78, 5) is 30.5. The lowest BCUT2D eigenvalue weighted by Gasteiger charge is -2.18. The number of urea groups is 1. The van der Waals surface area contributed by atoms with Crippen molar-refractivity contribution in [3.63, 3.8) is 0 Å². The Morgan fingerprint density at radius 2 is 1.66 bits per heavy atom. The quantitative estimate of drug-likeness (QED) is 0.464. The van der Waals surface area contributed by atoms with E-state index in [1.54, 1.807) is 18.3 Å². The number of hydrogen-bond donors (Lipinski definition) is 2. The van der Waals surface area contributed by atoms with Gasteiger partial charge in [0.15, 0.2) is 0 Å². The number of para-hydroxylation sites is 2. The lowest BCUT2D eigenvalue weighted by atomic mass is 10.2. The Kier molecular flexibility index (Phi) is 6.46. The van der Waals surface area contributed by atoms with E-state index in [0.29, 0.717) is 12.2 Å². The van der Waals surface area contributed by atoms with E-state index >= 15 is 0 Å². The van der Waals surface area contributed by atoms with E-state index in [9.17, 15) is 9.59 Å². The summed E-state index contributed by atoms with van der Waals surface area (Å²) in [5.74, 6) is -0.156. The second kappa shape index (κ2) is 9.78. The van der Waals surface area contributed by atoms with Crippen LogP contribution in [0.4, 0.5) is 10.5 Å². The number of amides is 3. The molecule has 0 bridgehead atoms. The zero-order chi connectivity index (χ0) is 22.3. The first kappa shape index (κ1) is 21.1. The molecule has 3 amide bonds. The Hall–Kier alpha value is -4.13. The summed E-state index contributed by atoms with van der Waals surface area (Å²) in [5.41, 5.74) is 4.68. The maximum atomic E-state index is 12.3. The Labute approximate surface area is 186 Å². The monoisotopic (exact) mass is 427 g/mol. The number of rotatable bonds is 7. The average Bonchev–Trinajstić information content (AvgIpc) is 3.24. The van der Waals surface area contributed by atoms with E-state index in [1.807, 2.05) is 83.4 Å². The lowest BCUT2D eigenvalue weighted by Crippen LogP contribution is -2.38. The van der Waals surface area contributed by atoms with Crippen LogP contribution in [0.15, 0.2) is 85.2 Å². The second-order valence-electron chi connectivity index (χ2n) is 7.52. The molecular weight excluding hydrogens is 402 g/mol. The van der Waals surface area contributed by atoms with E-state index in [-0.39, 0.29) is 24.9 Å². The highest BCUT2D eigenvalue weighted by Crippen LogP contribution is 2.19. The summed E-state index contributed by atoms with van der Waals surface area (Å²) in [6.45, 7) is 0.778. The van der Waals surface area contributed by atoms with Crippen LogP contribution in [0.25, 0.3) is 16.7 Å². The van der Waals surface area contributed by atoms with Gasteiger partial charge in [0, 0.05) is 37.9 Å². The van der Waals surface area contributed by atoms with Crippen LogP contribution in [0.5, 0.6) is 0 Å². The average molecular weight is 428 g/mol. The van der Waals surface area contributed by atoms with Gasteiger partial charge in [-0.25, -0.2) is 9.78 Å². The maximum absolute atomic E-state index is 12.3. The molecular formula is C25H25N5O2. The number of aromatic nitrogens is 2. The molecule has 3 aromatic carbocycles. The first-order valence-corrected chi connectivity index (χ1v) is 10.5. The van der Waals surface area contributed by atoms with E-state index < -0.39 is 0 Å². The molecule has 4 rings (SSSR count). The predicted octanol–water partition coefficient (Wildman–Crippen LogP) is 4.20. The van der Waals surface area contributed by atoms with Crippen LogP contribution in [0.2, 0.25) is 0 Å². The van der Waals surface area contributed by atoms with E-state index in [2.05, 4.69) is 15.6 Å². The summed E-state index contributed by atoms with van der Waals surface area (Å²) in [6.07, 6.45) is 1.98. The molecule has 7 nitrogen and oxygen atoms in total. The fourth-order valence-corrected chi connectivity index (χ4v) is 3.44. The smallest absolute Gasteiger partial charge is 0.317 e.